The van der Waals surface area contributed by atoms with Crippen LogP contribution in [0, 0.1) is 15.9 Å². The number of nitrogens with zero attached hydrogens (tertiary/aromatic N) is 2. The summed E-state index contributed by atoms with van der Waals surface area (Å²) in [6.45, 7) is 0. The molecule has 0 saturated carbocycles. The highest BCUT2D eigenvalue weighted by Crippen LogP contribution is 2.28. The lowest BCUT2D eigenvalue weighted by molar-refractivity contribution is -0.385. The van der Waals surface area contributed by atoms with E-state index in [1.165, 1.54) is 30.5 Å². The van der Waals surface area contributed by atoms with Crippen molar-refractivity contribution >= 4 is 28.9 Å². The third-order valence-corrected chi connectivity index (χ3v) is 2.74. The quantitative estimate of drug-likeness (QED) is 0.696. The van der Waals surface area contributed by atoms with Crippen LogP contribution in [0.2, 0.25) is 5.02 Å². The highest BCUT2D eigenvalue weighted by atomic mass is 35.5. The lowest BCUT2D eigenvalue weighted by Crippen LogP contribution is -2.15. The number of rotatable bonds is 3. The average molecular weight is 296 g/mol. The van der Waals surface area contributed by atoms with E-state index in [-0.39, 0.29) is 16.3 Å². The van der Waals surface area contributed by atoms with Gasteiger partial charge in [-0.3, -0.25) is 19.9 Å². The monoisotopic (exact) mass is 295 g/mol. The van der Waals surface area contributed by atoms with Gasteiger partial charge in [0, 0.05) is 6.20 Å². The highest BCUT2D eigenvalue weighted by Gasteiger charge is 2.24. The van der Waals surface area contributed by atoms with Crippen molar-refractivity contribution in [3.05, 3.63) is 63.2 Å². The Balaban J connectivity index is 2.38. The zero-order valence-corrected chi connectivity index (χ0v) is 10.6. The summed E-state index contributed by atoms with van der Waals surface area (Å²) in [7, 11) is 0. The number of para-hydroxylation sites is 1. The SMILES string of the molecule is O=C(Nc1ccncc1F)c1cccc(Cl)c1[N+](=O)[O-]. The van der Waals surface area contributed by atoms with Gasteiger partial charge < -0.3 is 5.32 Å². The van der Waals surface area contributed by atoms with Gasteiger partial charge in [0.2, 0.25) is 0 Å². The number of pyridine rings is 1. The molecule has 1 aromatic heterocycles. The number of benzene rings is 1. The summed E-state index contributed by atoms with van der Waals surface area (Å²) in [4.78, 5) is 25.7. The molecule has 1 heterocycles. The second kappa shape index (κ2) is 5.62. The van der Waals surface area contributed by atoms with E-state index in [2.05, 4.69) is 10.3 Å². The van der Waals surface area contributed by atoms with E-state index in [0.717, 1.165) is 6.20 Å². The van der Waals surface area contributed by atoms with E-state index in [9.17, 15) is 19.3 Å². The molecule has 2 rings (SSSR count). The molecule has 0 atom stereocenters. The first kappa shape index (κ1) is 13.9. The zero-order chi connectivity index (χ0) is 14.7. The maximum atomic E-state index is 13.4. The van der Waals surface area contributed by atoms with Crippen LogP contribution in [-0.4, -0.2) is 15.8 Å². The maximum absolute atomic E-state index is 13.4. The molecule has 6 nitrogen and oxygen atoms in total. The van der Waals surface area contributed by atoms with Crippen molar-refractivity contribution in [1.29, 1.82) is 0 Å². The van der Waals surface area contributed by atoms with Gasteiger partial charge in [-0.05, 0) is 18.2 Å². The standard InChI is InChI=1S/C12H7ClFN3O3/c13-8-3-1-2-7(11(8)17(19)20)12(18)16-10-4-5-15-6-9(10)14/h1-6H,(H,15,16,18). The lowest BCUT2D eigenvalue weighted by Gasteiger charge is -2.07. The van der Waals surface area contributed by atoms with Gasteiger partial charge >= 0.3 is 5.69 Å². The smallest absolute Gasteiger partial charge is 0.300 e. The Bertz CT molecular complexity index is 693. The van der Waals surface area contributed by atoms with Crippen molar-refractivity contribution in [2.45, 2.75) is 0 Å². The Morgan fingerprint density at radius 1 is 1.40 bits per heavy atom. The molecule has 0 radical (unpaired) electrons. The number of nitro groups is 1. The van der Waals surface area contributed by atoms with Crippen molar-refractivity contribution in [2.75, 3.05) is 5.32 Å². The van der Waals surface area contributed by atoms with Crippen molar-refractivity contribution in [2.24, 2.45) is 0 Å². The molecule has 8 heteroatoms. The number of nitrogens with one attached hydrogen (secondary N) is 1. The predicted octanol–water partition coefficient (Wildman–Crippen LogP) is 3.03. The summed E-state index contributed by atoms with van der Waals surface area (Å²) in [6, 6.07) is 5.17. The molecular weight excluding hydrogens is 289 g/mol. The van der Waals surface area contributed by atoms with Gasteiger partial charge in [-0.2, -0.15) is 0 Å². The molecule has 2 aromatic rings. The van der Waals surface area contributed by atoms with Gasteiger partial charge in [-0.25, -0.2) is 4.39 Å². The van der Waals surface area contributed by atoms with Crippen molar-refractivity contribution in [3.8, 4) is 0 Å². The van der Waals surface area contributed by atoms with Crippen LogP contribution in [0.25, 0.3) is 0 Å². The molecule has 0 aliphatic carbocycles. The third kappa shape index (κ3) is 2.72. The number of carbonyl (C=O) groups excluding carboxylic acids is 1. The van der Waals surface area contributed by atoms with Crippen LogP contribution in [-0.2, 0) is 0 Å². The van der Waals surface area contributed by atoms with E-state index < -0.39 is 22.3 Å². The van der Waals surface area contributed by atoms with Gasteiger partial charge in [0.15, 0.2) is 5.82 Å². The normalized spacial score (nSPS) is 10.1. The Labute approximate surface area is 117 Å². The molecule has 0 bridgehead atoms. The van der Waals surface area contributed by atoms with Crippen molar-refractivity contribution in [3.63, 3.8) is 0 Å². The molecule has 1 amide bonds. The summed E-state index contributed by atoms with van der Waals surface area (Å²) < 4.78 is 13.4. The highest BCUT2D eigenvalue weighted by molar-refractivity contribution is 6.33. The van der Waals surface area contributed by atoms with Gasteiger partial charge in [0.1, 0.15) is 10.6 Å². The first-order valence-corrected chi connectivity index (χ1v) is 5.72. The van der Waals surface area contributed by atoms with Gasteiger partial charge in [-0.1, -0.05) is 17.7 Å². The molecule has 0 unspecified atom stereocenters. The minimum absolute atomic E-state index is 0.126. The number of amides is 1. The molecule has 0 aliphatic rings. The molecule has 0 spiro atoms. The van der Waals surface area contributed by atoms with E-state index in [1.54, 1.807) is 0 Å². The van der Waals surface area contributed by atoms with Crippen LogP contribution in [0.5, 0.6) is 0 Å². The molecule has 20 heavy (non-hydrogen) atoms. The van der Waals surface area contributed by atoms with E-state index >= 15 is 0 Å². The van der Waals surface area contributed by atoms with Crippen LogP contribution < -0.4 is 5.32 Å². The summed E-state index contributed by atoms with van der Waals surface area (Å²) in [5, 5.41) is 13.0. The molecule has 0 aliphatic heterocycles. The fraction of sp³-hybridized carbons (Fsp3) is 0. The predicted molar refractivity (Wildman–Crippen MR) is 70.3 cm³/mol. The number of hydrogen-bond donors (Lipinski definition) is 1. The summed E-state index contributed by atoms with van der Waals surface area (Å²) in [6.07, 6.45) is 2.20. The minimum atomic E-state index is -0.829. The van der Waals surface area contributed by atoms with Gasteiger partial charge in [0.05, 0.1) is 16.8 Å². The summed E-state index contributed by atoms with van der Waals surface area (Å²) in [5.41, 5.74) is -0.904. The van der Waals surface area contributed by atoms with Crippen LogP contribution in [0.15, 0.2) is 36.7 Å². The number of halogens is 2. The summed E-state index contributed by atoms with van der Waals surface area (Å²) >= 11 is 5.70. The minimum Gasteiger partial charge on any atom is -0.319 e. The third-order valence-electron chi connectivity index (χ3n) is 2.43. The number of aromatic nitrogens is 1. The molecular formula is C12H7ClFN3O3. The molecule has 1 aromatic carbocycles. The number of carbonyl (C=O) groups is 1. The Morgan fingerprint density at radius 3 is 2.80 bits per heavy atom. The molecule has 1 N–H and O–H groups in total. The second-order valence-electron chi connectivity index (χ2n) is 3.70. The van der Waals surface area contributed by atoms with Crippen molar-refractivity contribution in [1.82, 2.24) is 4.98 Å². The van der Waals surface area contributed by atoms with E-state index in [1.807, 2.05) is 0 Å². The van der Waals surface area contributed by atoms with E-state index in [0.29, 0.717) is 0 Å². The fourth-order valence-electron chi connectivity index (χ4n) is 1.55. The Kier molecular flexibility index (Phi) is 3.90. The van der Waals surface area contributed by atoms with Gasteiger partial charge in [-0.15, -0.1) is 0 Å². The lowest BCUT2D eigenvalue weighted by atomic mass is 10.1. The number of nitro benzene ring substituents is 1. The van der Waals surface area contributed by atoms with E-state index in [4.69, 9.17) is 11.6 Å². The molecule has 0 fully saturated rings. The topological polar surface area (TPSA) is 85.1 Å². The maximum Gasteiger partial charge on any atom is 0.300 e. The average Bonchev–Trinajstić information content (AvgIpc) is 2.40. The van der Waals surface area contributed by atoms with Crippen LogP contribution in [0.3, 0.4) is 0 Å². The first-order chi connectivity index (χ1) is 9.50. The molecule has 0 saturated heterocycles. The number of anilines is 1. The fourth-order valence-corrected chi connectivity index (χ4v) is 1.79. The summed E-state index contributed by atoms with van der Waals surface area (Å²) in [5.74, 6) is -1.57. The first-order valence-electron chi connectivity index (χ1n) is 5.34. The zero-order valence-electron chi connectivity index (χ0n) is 9.84. The Hall–Kier alpha value is -2.54. The number of hydrogen-bond acceptors (Lipinski definition) is 4. The van der Waals surface area contributed by atoms with Gasteiger partial charge in [0.25, 0.3) is 5.91 Å². The Morgan fingerprint density at radius 2 is 2.15 bits per heavy atom. The molecule has 102 valence electrons. The largest absolute Gasteiger partial charge is 0.319 e. The second-order valence-corrected chi connectivity index (χ2v) is 4.11. The van der Waals surface area contributed by atoms with Crippen LogP contribution in [0.4, 0.5) is 15.8 Å². The van der Waals surface area contributed by atoms with Crippen LogP contribution >= 0.6 is 11.6 Å². The van der Waals surface area contributed by atoms with Crippen LogP contribution in [0.1, 0.15) is 10.4 Å². The van der Waals surface area contributed by atoms with Crippen molar-refractivity contribution < 1.29 is 14.1 Å².